The van der Waals surface area contributed by atoms with E-state index in [1.165, 1.54) is 0 Å². The number of amides is 1. The summed E-state index contributed by atoms with van der Waals surface area (Å²) >= 11 is 0. The summed E-state index contributed by atoms with van der Waals surface area (Å²) in [6.45, 7) is 12.1. The van der Waals surface area contributed by atoms with E-state index < -0.39 is 5.60 Å². The smallest absolute Gasteiger partial charge is 0.410 e. The average Bonchev–Trinajstić information content (AvgIpc) is 2.64. The lowest BCUT2D eigenvalue weighted by atomic mass is 10.0. The fraction of sp³-hybridized carbons (Fsp3) is 0.895. The summed E-state index contributed by atoms with van der Waals surface area (Å²) in [6, 6.07) is 0. The van der Waals surface area contributed by atoms with Gasteiger partial charge in [0.1, 0.15) is 5.60 Å². The molecule has 9 heteroatoms. The molecule has 2 aliphatic rings. The fourth-order valence-corrected chi connectivity index (χ4v) is 3.07. The molecule has 0 spiro atoms. The molecule has 0 bridgehead atoms. The molecule has 2 rings (SSSR count). The van der Waals surface area contributed by atoms with Crippen LogP contribution < -0.4 is 5.73 Å². The average molecular weight is 512 g/mol. The molecule has 8 nitrogen and oxygen atoms in total. The predicted molar refractivity (Wildman–Crippen MR) is 120 cm³/mol. The van der Waals surface area contributed by atoms with Crippen LogP contribution in [0.3, 0.4) is 0 Å². The number of rotatable bonds is 6. The number of aliphatic imine (C=N–C) groups is 1. The summed E-state index contributed by atoms with van der Waals surface area (Å²) in [5.41, 5.74) is 5.62. The summed E-state index contributed by atoms with van der Waals surface area (Å²) in [5, 5.41) is 0. The van der Waals surface area contributed by atoms with Gasteiger partial charge in [-0.1, -0.05) is 0 Å². The SMILES string of the molecule is CC(C)(C)OC(=O)N1CCN(C(N)=NCCCOCC2CCOCC2)CC1.I. The molecule has 2 saturated heterocycles. The van der Waals surface area contributed by atoms with Gasteiger partial charge in [-0.15, -0.1) is 24.0 Å². The lowest BCUT2D eigenvalue weighted by Crippen LogP contribution is -2.53. The second-order valence-electron chi connectivity index (χ2n) is 8.18. The zero-order valence-corrected chi connectivity index (χ0v) is 19.9. The minimum Gasteiger partial charge on any atom is -0.444 e. The second kappa shape index (κ2) is 12.7. The van der Waals surface area contributed by atoms with Crippen LogP contribution in [0.2, 0.25) is 0 Å². The number of ether oxygens (including phenoxy) is 3. The van der Waals surface area contributed by atoms with Crippen molar-refractivity contribution in [2.24, 2.45) is 16.6 Å². The second-order valence-corrected chi connectivity index (χ2v) is 8.18. The standard InChI is InChI=1S/C19H36N4O4.HI/c1-19(2,3)27-18(24)23-10-8-22(9-11-23)17(20)21-7-4-12-26-15-16-5-13-25-14-6-16;/h16H,4-15H2,1-3H3,(H2,20,21);1H. The number of nitrogens with zero attached hydrogens (tertiary/aromatic N) is 3. The van der Waals surface area contributed by atoms with Crippen LogP contribution in [-0.4, -0.2) is 86.6 Å². The molecule has 2 aliphatic heterocycles. The molecule has 0 aromatic heterocycles. The molecular formula is C19H37IN4O4. The van der Waals surface area contributed by atoms with Gasteiger partial charge < -0.3 is 29.7 Å². The molecule has 0 unspecified atom stereocenters. The van der Waals surface area contributed by atoms with Crippen molar-refractivity contribution in [3.05, 3.63) is 0 Å². The van der Waals surface area contributed by atoms with E-state index in [2.05, 4.69) is 4.99 Å². The van der Waals surface area contributed by atoms with Gasteiger partial charge in [0.25, 0.3) is 0 Å². The predicted octanol–water partition coefficient (Wildman–Crippen LogP) is 2.31. The van der Waals surface area contributed by atoms with Gasteiger partial charge in [0, 0.05) is 59.2 Å². The van der Waals surface area contributed by atoms with Gasteiger partial charge in [-0.05, 0) is 46.0 Å². The molecule has 0 aromatic rings. The first-order chi connectivity index (χ1) is 12.8. The zero-order valence-electron chi connectivity index (χ0n) is 17.5. The van der Waals surface area contributed by atoms with Gasteiger partial charge in [-0.2, -0.15) is 0 Å². The summed E-state index contributed by atoms with van der Waals surface area (Å²) < 4.78 is 16.5. The van der Waals surface area contributed by atoms with E-state index in [1.54, 1.807) is 4.90 Å². The molecule has 0 aliphatic carbocycles. The van der Waals surface area contributed by atoms with Crippen LogP contribution in [0.5, 0.6) is 0 Å². The third-order valence-electron chi connectivity index (χ3n) is 4.67. The molecule has 2 N–H and O–H groups in total. The van der Waals surface area contributed by atoms with Crippen LogP contribution in [-0.2, 0) is 14.2 Å². The van der Waals surface area contributed by atoms with Crippen molar-refractivity contribution in [1.29, 1.82) is 0 Å². The van der Waals surface area contributed by atoms with Crippen molar-refractivity contribution in [2.75, 3.05) is 59.2 Å². The van der Waals surface area contributed by atoms with Crippen LogP contribution in [0.15, 0.2) is 4.99 Å². The lowest BCUT2D eigenvalue weighted by Gasteiger charge is -2.36. The highest BCUT2D eigenvalue weighted by Crippen LogP contribution is 2.15. The Hall–Kier alpha value is -0.810. The maximum atomic E-state index is 12.1. The van der Waals surface area contributed by atoms with Gasteiger partial charge in [-0.25, -0.2) is 4.79 Å². The van der Waals surface area contributed by atoms with Crippen molar-refractivity contribution in [3.63, 3.8) is 0 Å². The number of hydrogen-bond acceptors (Lipinski definition) is 5. The van der Waals surface area contributed by atoms with Crippen molar-refractivity contribution >= 4 is 36.0 Å². The van der Waals surface area contributed by atoms with Crippen LogP contribution in [0.25, 0.3) is 0 Å². The van der Waals surface area contributed by atoms with Crippen molar-refractivity contribution in [1.82, 2.24) is 9.80 Å². The highest BCUT2D eigenvalue weighted by atomic mass is 127. The monoisotopic (exact) mass is 512 g/mol. The van der Waals surface area contributed by atoms with Gasteiger partial charge in [0.15, 0.2) is 5.96 Å². The Morgan fingerprint density at radius 2 is 1.75 bits per heavy atom. The van der Waals surface area contributed by atoms with Gasteiger partial charge >= 0.3 is 6.09 Å². The number of nitrogens with two attached hydrogens (primary N) is 1. The molecular weight excluding hydrogens is 475 g/mol. The Balaban J connectivity index is 0.00000392. The highest BCUT2D eigenvalue weighted by molar-refractivity contribution is 14.0. The Morgan fingerprint density at radius 3 is 2.36 bits per heavy atom. The fourth-order valence-electron chi connectivity index (χ4n) is 3.07. The Bertz CT molecular complexity index is 485. The van der Waals surface area contributed by atoms with E-state index >= 15 is 0 Å². The maximum Gasteiger partial charge on any atom is 0.410 e. The van der Waals surface area contributed by atoms with Crippen LogP contribution in [0.4, 0.5) is 4.79 Å². The maximum absolute atomic E-state index is 12.1. The Morgan fingerprint density at radius 1 is 1.14 bits per heavy atom. The quantitative estimate of drug-likeness (QED) is 0.254. The molecule has 164 valence electrons. The summed E-state index contributed by atoms with van der Waals surface area (Å²) in [4.78, 5) is 20.3. The van der Waals surface area contributed by atoms with Crippen molar-refractivity contribution < 1.29 is 19.0 Å². The first-order valence-corrected chi connectivity index (χ1v) is 10.0. The summed E-state index contributed by atoms with van der Waals surface area (Å²) in [6.07, 6.45) is 2.79. The first kappa shape index (κ1) is 25.2. The first-order valence-electron chi connectivity index (χ1n) is 10.0. The molecule has 2 heterocycles. The number of halogens is 1. The number of hydrogen-bond donors (Lipinski definition) is 1. The van der Waals surface area contributed by atoms with Crippen molar-refractivity contribution in [3.8, 4) is 0 Å². The minimum absolute atomic E-state index is 0. The number of guanidine groups is 1. The van der Waals surface area contributed by atoms with Crippen LogP contribution >= 0.6 is 24.0 Å². The highest BCUT2D eigenvalue weighted by Gasteiger charge is 2.26. The summed E-state index contributed by atoms with van der Waals surface area (Å²) in [5.74, 6) is 1.18. The number of carbonyl (C=O) groups is 1. The minimum atomic E-state index is -0.471. The molecule has 0 saturated carbocycles. The van der Waals surface area contributed by atoms with Gasteiger partial charge in [-0.3, -0.25) is 4.99 Å². The van der Waals surface area contributed by atoms with E-state index in [1.807, 2.05) is 25.7 Å². The lowest BCUT2D eigenvalue weighted by molar-refractivity contribution is 0.0186. The third kappa shape index (κ3) is 9.60. The van der Waals surface area contributed by atoms with E-state index in [0.29, 0.717) is 51.2 Å². The zero-order chi connectivity index (χ0) is 19.7. The molecule has 28 heavy (non-hydrogen) atoms. The largest absolute Gasteiger partial charge is 0.444 e. The molecule has 0 radical (unpaired) electrons. The van der Waals surface area contributed by atoms with Crippen LogP contribution in [0.1, 0.15) is 40.0 Å². The molecule has 2 fully saturated rings. The normalized spacial score (nSPS) is 19.3. The molecule has 0 aromatic carbocycles. The molecule has 0 atom stereocenters. The van der Waals surface area contributed by atoms with Crippen molar-refractivity contribution in [2.45, 2.75) is 45.6 Å². The Kier molecular flexibility index (Phi) is 11.4. The van der Waals surface area contributed by atoms with E-state index in [0.717, 1.165) is 39.1 Å². The number of carbonyl (C=O) groups excluding carboxylic acids is 1. The molecule has 1 amide bonds. The van der Waals surface area contributed by atoms with E-state index in [9.17, 15) is 4.79 Å². The van der Waals surface area contributed by atoms with E-state index in [4.69, 9.17) is 19.9 Å². The summed E-state index contributed by atoms with van der Waals surface area (Å²) in [7, 11) is 0. The van der Waals surface area contributed by atoms with Gasteiger partial charge in [0.05, 0.1) is 0 Å². The topological polar surface area (TPSA) is 89.6 Å². The van der Waals surface area contributed by atoms with E-state index in [-0.39, 0.29) is 30.1 Å². The number of piperazine rings is 1. The Labute approximate surface area is 186 Å². The third-order valence-corrected chi connectivity index (χ3v) is 4.67. The van der Waals surface area contributed by atoms with Gasteiger partial charge in [0.2, 0.25) is 0 Å². The van der Waals surface area contributed by atoms with Crippen LogP contribution in [0, 0.1) is 5.92 Å².